The van der Waals surface area contributed by atoms with Crippen LogP contribution >= 0.6 is 0 Å². The Morgan fingerprint density at radius 2 is 1.77 bits per heavy atom. The fraction of sp³-hybridized carbons (Fsp3) is 0.444. The molecule has 1 aromatic rings. The van der Waals surface area contributed by atoms with Gasteiger partial charge in [-0.15, -0.1) is 0 Å². The third-order valence-corrected chi connectivity index (χ3v) is 4.57. The number of imide groups is 1. The van der Waals surface area contributed by atoms with Gasteiger partial charge >= 0.3 is 6.03 Å². The molecule has 8 heteroatoms. The van der Waals surface area contributed by atoms with Crippen LogP contribution in [0.5, 0.6) is 0 Å². The topological polar surface area (TPSA) is 108 Å². The first-order valence-corrected chi connectivity index (χ1v) is 8.84. The summed E-state index contributed by atoms with van der Waals surface area (Å²) in [5, 5.41) is 7.16. The van der Waals surface area contributed by atoms with Crippen LogP contribution in [0.1, 0.15) is 42.5 Å². The second-order valence-electron chi connectivity index (χ2n) is 6.52. The first-order chi connectivity index (χ1) is 12.5. The van der Waals surface area contributed by atoms with E-state index in [1.807, 2.05) is 4.90 Å². The average Bonchev–Trinajstić information content (AvgIpc) is 2.82. The summed E-state index contributed by atoms with van der Waals surface area (Å²) in [6, 6.07) is 5.34. The molecule has 3 N–H and O–H groups in total. The molecule has 0 spiro atoms. The third kappa shape index (κ3) is 4.19. The highest BCUT2D eigenvalue weighted by atomic mass is 16.2. The van der Waals surface area contributed by atoms with Gasteiger partial charge in [0.15, 0.2) is 0 Å². The lowest BCUT2D eigenvalue weighted by Gasteiger charge is -2.22. The summed E-state index contributed by atoms with van der Waals surface area (Å²) in [4.78, 5) is 49.6. The van der Waals surface area contributed by atoms with E-state index in [9.17, 15) is 19.2 Å². The number of carbonyl (C=O) groups excluding carboxylic acids is 4. The SMILES string of the molecule is O=C(C[C@@H]1NC(=O)NC1=O)Nc1ccccc1C(=O)N1CCCCCC1. The van der Waals surface area contributed by atoms with Gasteiger partial charge in [0.05, 0.1) is 17.7 Å². The zero-order valence-corrected chi connectivity index (χ0v) is 14.4. The standard InChI is InChI=1S/C18H22N4O4/c23-15(11-14-16(24)21-18(26)20-14)19-13-8-4-3-7-12(13)17(25)22-9-5-1-2-6-10-22/h3-4,7-8,14H,1-2,5-6,9-11H2,(H,19,23)(H2,20,21,24,26)/t14-/m0/s1. The molecule has 0 radical (unpaired) electrons. The van der Waals surface area contributed by atoms with Crippen molar-refractivity contribution in [3.63, 3.8) is 0 Å². The Morgan fingerprint density at radius 3 is 2.42 bits per heavy atom. The van der Waals surface area contributed by atoms with Crippen molar-refractivity contribution in [1.29, 1.82) is 0 Å². The van der Waals surface area contributed by atoms with Crippen molar-refractivity contribution in [2.75, 3.05) is 18.4 Å². The Morgan fingerprint density at radius 1 is 1.08 bits per heavy atom. The molecule has 2 aliphatic heterocycles. The van der Waals surface area contributed by atoms with Gasteiger partial charge in [-0.25, -0.2) is 4.79 Å². The van der Waals surface area contributed by atoms with Gasteiger partial charge in [-0.1, -0.05) is 25.0 Å². The molecule has 5 amide bonds. The third-order valence-electron chi connectivity index (χ3n) is 4.57. The molecule has 3 rings (SSSR count). The van der Waals surface area contributed by atoms with E-state index in [1.54, 1.807) is 24.3 Å². The molecule has 0 aromatic heterocycles. The summed E-state index contributed by atoms with van der Waals surface area (Å²) < 4.78 is 0. The van der Waals surface area contributed by atoms with Crippen molar-refractivity contribution in [2.24, 2.45) is 0 Å². The Kier molecular flexibility index (Phi) is 5.50. The van der Waals surface area contributed by atoms with Crippen LogP contribution in [0, 0.1) is 0 Å². The zero-order valence-electron chi connectivity index (χ0n) is 14.4. The van der Waals surface area contributed by atoms with E-state index in [2.05, 4.69) is 16.0 Å². The molecule has 0 saturated carbocycles. The maximum absolute atomic E-state index is 12.8. The van der Waals surface area contributed by atoms with E-state index in [0.717, 1.165) is 38.8 Å². The average molecular weight is 358 g/mol. The van der Waals surface area contributed by atoms with Gasteiger partial charge < -0.3 is 15.5 Å². The van der Waals surface area contributed by atoms with E-state index >= 15 is 0 Å². The summed E-state index contributed by atoms with van der Waals surface area (Å²) >= 11 is 0. The molecule has 2 heterocycles. The van der Waals surface area contributed by atoms with E-state index in [4.69, 9.17) is 0 Å². The fourth-order valence-electron chi connectivity index (χ4n) is 3.21. The van der Waals surface area contributed by atoms with Crippen LogP contribution in [-0.4, -0.2) is 47.8 Å². The van der Waals surface area contributed by atoms with E-state index in [-0.39, 0.29) is 12.3 Å². The largest absolute Gasteiger partial charge is 0.339 e. The van der Waals surface area contributed by atoms with Crippen molar-refractivity contribution in [1.82, 2.24) is 15.5 Å². The molecule has 26 heavy (non-hydrogen) atoms. The minimum absolute atomic E-state index is 0.102. The lowest BCUT2D eigenvalue weighted by Crippen LogP contribution is -2.34. The number of likely N-dealkylation sites (tertiary alicyclic amines) is 1. The quantitative estimate of drug-likeness (QED) is 0.704. The number of nitrogens with one attached hydrogen (secondary N) is 3. The van der Waals surface area contributed by atoms with Crippen molar-refractivity contribution in [2.45, 2.75) is 38.1 Å². The van der Waals surface area contributed by atoms with Gasteiger partial charge in [0.2, 0.25) is 5.91 Å². The van der Waals surface area contributed by atoms with Crippen molar-refractivity contribution in [3.8, 4) is 0 Å². The number of rotatable bonds is 4. The second-order valence-corrected chi connectivity index (χ2v) is 6.52. The molecule has 0 aliphatic carbocycles. The van der Waals surface area contributed by atoms with Gasteiger partial charge in [0.1, 0.15) is 6.04 Å². The number of amides is 5. The van der Waals surface area contributed by atoms with Gasteiger partial charge in [-0.2, -0.15) is 0 Å². The highest BCUT2D eigenvalue weighted by Crippen LogP contribution is 2.20. The molecule has 2 fully saturated rings. The predicted octanol–water partition coefficient (Wildman–Crippen LogP) is 1.24. The molecular formula is C18H22N4O4. The molecule has 2 saturated heterocycles. The summed E-state index contributed by atoms with van der Waals surface area (Å²) in [7, 11) is 0. The van der Waals surface area contributed by atoms with Crippen molar-refractivity contribution < 1.29 is 19.2 Å². The zero-order chi connectivity index (χ0) is 18.5. The summed E-state index contributed by atoms with van der Waals surface area (Å²) in [5.74, 6) is -1.07. The minimum atomic E-state index is -0.893. The van der Waals surface area contributed by atoms with Crippen molar-refractivity contribution >= 4 is 29.4 Å². The van der Waals surface area contributed by atoms with Crippen LogP contribution in [0.4, 0.5) is 10.5 Å². The number of hydrogen-bond acceptors (Lipinski definition) is 4. The van der Waals surface area contributed by atoms with Crippen LogP contribution < -0.4 is 16.0 Å². The van der Waals surface area contributed by atoms with Crippen molar-refractivity contribution in [3.05, 3.63) is 29.8 Å². The van der Waals surface area contributed by atoms with Crippen LogP contribution in [0.2, 0.25) is 0 Å². The lowest BCUT2D eigenvalue weighted by molar-refractivity contribution is -0.124. The maximum atomic E-state index is 12.8. The molecule has 0 unspecified atom stereocenters. The normalized spacial score (nSPS) is 20.2. The lowest BCUT2D eigenvalue weighted by atomic mass is 10.1. The highest BCUT2D eigenvalue weighted by molar-refractivity contribution is 6.08. The Labute approximate surface area is 151 Å². The Balaban J connectivity index is 1.68. The predicted molar refractivity (Wildman–Crippen MR) is 94.5 cm³/mol. The number of benzene rings is 1. The number of hydrogen-bond donors (Lipinski definition) is 3. The highest BCUT2D eigenvalue weighted by Gasteiger charge is 2.31. The van der Waals surface area contributed by atoms with Gasteiger partial charge in [0.25, 0.3) is 11.8 Å². The molecule has 1 atom stereocenters. The summed E-state index contributed by atoms with van der Waals surface area (Å²) in [5.41, 5.74) is 0.846. The summed E-state index contributed by atoms with van der Waals surface area (Å²) in [6.45, 7) is 1.44. The first-order valence-electron chi connectivity index (χ1n) is 8.84. The van der Waals surface area contributed by atoms with E-state index < -0.39 is 23.9 Å². The Bertz CT molecular complexity index is 726. The van der Waals surface area contributed by atoms with Gasteiger partial charge in [-0.3, -0.25) is 19.7 Å². The fourth-order valence-corrected chi connectivity index (χ4v) is 3.21. The molecule has 0 bridgehead atoms. The van der Waals surface area contributed by atoms with Crippen LogP contribution in [-0.2, 0) is 9.59 Å². The summed E-state index contributed by atoms with van der Waals surface area (Å²) in [6.07, 6.45) is 4.02. The number of nitrogens with zero attached hydrogens (tertiary/aromatic N) is 1. The number of para-hydroxylation sites is 1. The molecule has 8 nitrogen and oxygen atoms in total. The molecule has 138 valence electrons. The van der Waals surface area contributed by atoms with Crippen LogP contribution in [0.25, 0.3) is 0 Å². The van der Waals surface area contributed by atoms with Gasteiger partial charge in [-0.05, 0) is 25.0 Å². The monoisotopic (exact) mass is 358 g/mol. The van der Waals surface area contributed by atoms with Gasteiger partial charge in [0, 0.05) is 13.1 Å². The number of anilines is 1. The molecule has 2 aliphatic rings. The van der Waals surface area contributed by atoms with Crippen LogP contribution in [0.3, 0.4) is 0 Å². The van der Waals surface area contributed by atoms with Crippen LogP contribution in [0.15, 0.2) is 24.3 Å². The minimum Gasteiger partial charge on any atom is -0.339 e. The smallest absolute Gasteiger partial charge is 0.322 e. The maximum Gasteiger partial charge on any atom is 0.322 e. The van der Waals surface area contributed by atoms with E-state index in [1.165, 1.54) is 0 Å². The second kappa shape index (κ2) is 7.99. The first kappa shape index (κ1) is 17.9. The van der Waals surface area contributed by atoms with E-state index in [0.29, 0.717) is 11.3 Å². The Hall–Kier alpha value is -2.90. The molecule has 1 aromatic carbocycles. The molecular weight excluding hydrogens is 336 g/mol. The number of carbonyl (C=O) groups is 4. The number of urea groups is 1.